The number of ether oxygens (including phenoxy) is 1. The van der Waals surface area contributed by atoms with Crippen molar-refractivity contribution in [2.75, 3.05) is 20.3 Å². The van der Waals surface area contributed by atoms with Crippen LogP contribution in [0.15, 0.2) is 24.3 Å². The van der Waals surface area contributed by atoms with Crippen molar-refractivity contribution < 1.29 is 27.7 Å². The zero-order chi connectivity index (χ0) is 16.6. The molecule has 7 heteroatoms. The molecule has 0 atom stereocenters. The fourth-order valence-electron chi connectivity index (χ4n) is 1.60. The van der Waals surface area contributed by atoms with Crippen molar-refractivity contribution in [1.82, 2.24) is 0 Å². The Hall–Kier alpha value is -1.62. The largest absolute Gasteiger partial charge is 0.530 e. The number of carbonyl (C=O) groups is 1. The molecular weight excluding hydrogens is 307 g/mol. The van der Waals surface area contributed by atoms with Crippen LogP contribution in [0, 0.1) is 0 Å². The van der Waals surface area contributed by atoms with Gasteiger partial charge in [0.25, 0.3) is 0 Å². The molecule has 22 heavy (non-hydrogen) atoms. The second-order valence-corrected chi connectivity index (χ2v) is 5.82. The Morgan fingerprint density at radius 2 is 1.82 bits per heavy atom. The number of benzene rings is 1. The summed E-state index contributed by atoms with van der Waals surface area (Å²) in [7, 11) is -2.21. The first kappa shape index (κ1) is 18.4. The number of carbonyl (C=O) groups excluding carboxylic acids is 1. The molecule has 0 bridgehead atoms. The van der Waals surface area contributed by atoms with E-state index in [1.165, 1.54) is 20.1 Å². The maximum Gasteiger partial charge on any atom is 0.530 e. The maximum absolute atomic E-state index is 12.4. The van der Waals surface area contributed by atoms with E-state index >= 15 is 0 Å². The molecule has 0 amide bonds. The van der Waals surface area contributed by atoms with E-state index in [1.807, 2.05) is 0 Å². The second kappa shape index (κ2) is 8.73. The zero-order valence-corrected chi connectivity index (χ0v) is 14.1. The molecule has 0 heterocycles. The minimum atomic E-state index is -3.68. The molecule has 0 saturated carbocycles. The third-order valence-electron chi connectivity index (χ3n) is 2.48. The van der Waals surface area contributed by atoms with Crippen molar-refractivity contribution in [3.05, 3.63) is 29.8 Å². The summed E-state index contributed by atoms with van der Waals surface area (Å²) in [5.74, 6) is 0.550. The van der Waals surface area contributed by atoms with Crippen LogP contribution >= 0.6 is 7.82 Å². The van der Waals surface area contributed by atoms with Gasteiger partial charge in [-0.1, -0.05) is 12.1 Å². The molecule has 0 aliphatic carbocycles. The van der Waals surface area contributed by atoms with Gasteiger partial charge in [-0.15, -0.1) is 0 Å². The minimum absolute atomic E-state index is 0.0588. The molecule has 1 aromatic rings. The Labute approximate surface area is 130 Å². The lowest BCUT2D eigenvalue weighted by molar-refractivity contribution is -0.112. The van der Waals surface area contributed by atoms with Gasteiger partial charge in [-0.2, -0.15) is 0 Å². The number of rotatable bonds is 9. The fourth-order valence-corrected chi connectivity index (χ4v) is 2.81. The third-order valence-corrected chi connectivity index (χ3v) is 4.05. The second-order valence-electron chi connectivity index (χ2n) is 4.23. The van der Waals surface area contributed by atoms with Crippen molar-refractivity contribution in [1.29, 1.82) is 0 Å². The molecule has 0 spiro atoms. The summed E-state index contributed by atoms with van der Waals surface area (Å²) < 4.78 is 33.1. The molecule has 122 valence electrons. The number of hydrogen-bond acceptors (Lipinski definition) is 6. The lowest BCUT2D eigenvalue weighted by Crippen LogP contribution is -2.03. The van der Waals surface area contributed by atoms with Crippen LogP contribution in [0.25, 0.3) is 6.08 Å². The molecule has 0 unspecified atom stereocenters. The molecule has 0 aliphatic heterocycles. The molecule has 1 rings (SSSR count). The van der Waals surface area contributed by atoms with Gasteiger partial charge >= 0.3 is 7.82 Å². The van der Waals surface area contributed by atoms with Gasteiger partial charge < -0.3 is 9.26 Å². The maximum atomic E-state index is 12.4. The summed E-state index contributed by atoms with van der Waals surface area (Å²) in [6.45, 7) is 5.24. The van der Waals surface area contributed by atoms with Gasteiger partial charge in [0.05, 0.1) is 20.3 Å². The van der Waals surface area contributed by atoms with Gasteiger partial charge in [0.1, 0.15) is 0 Å². The van der Waals surface area contributed by atoms with Crippen LogP contribution in [0.3, 0.4) is 0 Å². The highest BCUT2D eigenvalue weighted by Crippen LogP contribution is 2.51. The van der Waals surface area contributed by atoms with Gasteiger partial charge in [-0.25, -0.2) is 4.57 Å². The van der Waals surface area contributed by atoms with Gasteiger partial charge in [0, 0.05) is 0 Å². The van der Waals surface area contributed by atoms with Crippen molar-refractivity contribution in [3.63, 3.8) is 0 Å². The lowest BCUT2D eigenvalue weighted by atomic mass is 10.2. The standard InChI is InChI=1S/C15H21O6P/c1-5-19-22(17,20-6-2)21-14-10-9-13(8-7-12(3)16)11-15(14)18-4/h7-11H,5-6H2,1-4H3/b8-7+. The molecule has 0 radical (unpaired) electrons. The first-order valence-electron chi connectivity index (χ1n) is 6.89. The number of ketones is 1. The Kier molecular flexibility index (Phi) is 7.32. The Bertz CT molecular complexity index is 571. The highest BCUT2D eigenvalue weighted by molar-refractivity contribution is 7.48. The van der Waals surface area contributed by atoms with Crippen molar-refractivity contribution in [3.8, 4) is 11.5 Å². The predicted octanol–water partition coefficient (Wildman–Crippen LogP) is 3.86. The van der Waals surface area contributed by atoms with E-state index in [4.69, 9.17) is 18.3 Å². The highest BCUT2D eigenvalue weighted by atomic mass is 31.2. The Morgan fingerprint density at radius 1 is 1.18 bits per heavy atom. The molecule has 1 aromatic carbocycles. The molecule has 0 N–H and O–H groups in total. The lowest BCUT2D eigenvalue weighted by Gasteiger charge is -2.18. The number of allylic oxidation sites excluding steroid dienone is 1. The molecule has 6 nitrogen and oxygen atoms in total. The molecule has 0 fully saturated rings. The Morgan fingerprint density at radius 3 is 2.32 bits per heavy atom. The van der Waals surface area contributed by atoms with Crippen LogP contribution in [-0.4, -0.2) is 26.1 Å². The number of hydrogen-bond donors (Lipinski definition) is 0. The van der Waals surface area contributed by atoms with Crippen molar-refractivity contribution in [2.45, 2.75) is 20.8 Å². The van der Waals surface area contributed by atoms with E-state index in [2.05, 4.69) is 0 Å². The molecular formula is C15H21O6P. The zero-order valence-electron chi connectivity index (χ0n) is 13.2. The van der Waals surface area contributed by atoms with Crippen LogP contribution in [0.4, 0.5) is 0 Å². The summed E-state index contributed by atoms with van der Waals surface area (Å²) in [6.07, 6.45) is 3.10. The van der Waals surface area contributed by atoms with Gasteiger partial charge in [0.2, 0.25) is 0 Å². The average molecular weight is 328 g/mol. The number of phosphoric acid groups is 1. The van der Waals surface area contributed by atoms with Gasteiger partial charge in [-0.3, -0.25) is 13.8 Å². The highest BCUT2D eigenvalue weighted by Gasteiger charge is 2.28. The quantitative estimate of drug-likeness (QED) is 0.506. The van der Waals surface area contributed by atoms with E-state index in [1.54, 1.807) is 38.1 Å². The predicted molar refractivity (Wildman–Crippen MR) is 84.2 cm³/mol. The first-order valence-corrected chi connectivity index (χ1v) is 8.35. The van der Waals surface area contributed by atoms with Crippen LogP contribution in [0.1, 0.15) is 26.3 Å². The van der Waals surface area contributed by atoms with Gasteiger partial charge in [-0.05, 0) is 44.5 Å². The van der Waals surface area contributed by atoms with E-state index in [9.17, 15) is 9.36 Å². The van der Waals surface area contributed by atoms with Crippen molar-refractivity contribution >= 4 is 19.7 Å². The molecule has 0 aromatic heterocycles. The summed E-state index contributed by atoms with van der Waals surface area (Å²) in [6, 6.07) is 4.96. The topological polar surface area (TPSA) is 71.1 Å². The van der Waals surface area contributed by atoms with E-state index < -0.39 is 7.82 Å². The minimum Gasteiger partial charge on any atom is -0.493 e. The normalized spacial score (nSPS) is 11.6. The van der Waals surface area contributed by atoms with E-state index in [0.717, 1.165) is 5.56 Å². The molecule has 0 aliphatic rings. The number of phosphoric ester groups is 1. The Balaban J connectivity index is 3.04. The van der Waals surface area contributed by atoms with Crippen molar-refractivity contribution in [2.24, 2.45) is 0 Å². The summed E-state index contributed by atoms with van der Waals surface area (Å²) in [4.78, 5) is 11.0. The van der Waals surface area contributed by atoms with Crippen LogP contribution in [0.5, 0.6) is 11.5 Å². The molecule has 0 saturated heterocycles. The fraction of sp³-hybridized carbons (Fsp3) is 0.400. The SMILES string of the molecule is CCOP(=O)(OCC)Oc1ccc(/C=C/C(C)=O)cc1OC. The van der Waals surface area contributed by atoms with Crippen LogP contribution < -0.4 is 9.26 Å². The summed E-state index contributed by atoms with van der Waals surface area (Å²) >= 11 is 0. The smallest absolute Gasteiger partial charge is 0.493 e. The van der Waals surface area contributed by atoms with Crippen LogP contribution in [-0.2, 0) is 18.4 Å². The van der Waals surface area contributed by atoms with Gasteiger partial charge in [0.15, 0.2) is 17.3 Å². The van der Waals surface area contributed by atoms with E-state index in [-0.39, 0.29) is 24.7 Å². The first-order chi connectivity index (χ1) is 10.4. The summed E-state index contributed by atoms with van der Waals surface area (Å²) in [5, 5.41) is 0. The number of methoxy groups -OCH3 is 1. The van der Waals surface area contributed by atoms with Crippen LogP contribution in [0.2, 0.25) is 0 Å². The summed E-state index contributed by atoms with van der Waals surface area (Å²) in [5.41, 5.74) is 0.752. The van der Waals surface area contributed by atoms with E-state index in [0.29, 0.717) is 5.75 Å². The third kappa shape index (κ3) is 5.64. The average Bonchev–Trinajstić information content (AvgIpc) is 2.46. The monoisotopic (exact) mass is 328 g/mol.